The molecule has 3 aromatic carbocycles. The van der Waals surface area contributed by atoms with Gasteiger partial charge in [-0.3, -0.25) is 9.97 Å². The second kappa shape index (κ2) is 8.26. The highest BCUT2D eigenvalue weighted by molar-refractivity contribution is 6.08. The Balaban J connectivity index is 1.43. The van der Waals surface area contributed by atoms with Crippen LogP contribution in [0.25, 0.3) is 44.2 Å². The quantitative estimate of drug-likeness (QED) is 0.346. The first kappa shape index (κ1) is 19.8. The van der Waals surface area contributed by atoms with Crippen molar-refractivity contribution in [1.29, 1.82) is 0 Å². The van der Waals surface area contributed by atoms with E-state index in [1.165, 1.54) is 0 Å². The van der Waals surface area contributed by atoms with Crippen molar-refractivity contribution in [3.63, 3.8) is 0 Å². The Morgan fingerprint density at radius 1 is 0.647 bits per heavy atom. The number of anilines is 1. The Labute approximate surface area is 195 Å². The fraction of sp³-hybridized carbons (Fsp3) is 0. The molecule has 0 aliphatic carbocycles. The second-order valence-electron chi connectivity index (χ2n) is 7.83. The van der Waals surface area contributed by atoms with Crippen molar-refractivity contribution in [2.24, 2.45) is 0 Å². The van der Waals surface area contributed by atoms with Crippen LogP contribution in [0.15, 0.2) is 103 Å². The van der Waals surface area contributed by atoms with Crippen LogP contribution in [0.1, 0.15) is 0 Å². The minimum Gasteiger partial charge on any atom is -0.455 e. The summed E-state index contributed by atoms with van der Waals surface area (Å²) in [5.41, 5.74) is 11.6. The van der Waals surface area contributed by atoms with Crippen molar-refractivity contribution < 1.29 is 4.74 Å². The summed E-state index contributed by atoms with van der Waals surface area (Å²) in [6, 6.07) is 29.6. The summed E-state index contributed by atoms with van der Waals surface area (Å²) in [5.74, 6) is 1.79. The Bertz CT molecular complexity index is 1630. The molecule has 3 aromatic heterocycles. The summed E-state index contributed by atoms with van der Waals surface area (Å²) in [6.07, 6.45) is 3.46. The van der Waals surface area contributed by atoms with Gasteiger partial charge in [0.1, 0.15) is 17.0 Å². The Morgan fingerprint density at radius 2 is 1.50 bits per heavy atom. The average molecular weight is 441 g/mol. The van der Waals surface area contributed by atoms with Crippen LogP contribution in [-0.2, 0) is 0 Å². The lowest BCUT2D eigenvalue weighted by Crippen LogP contribution is -1.99. The number of rotatable bonds is 4. The van der Waals surface area contributed by atoms with Gasteiger partial charge in [-0.05, 0) is 35.4 Å². The van der Waals surface area contributed by atoms with Crippen molar-refractivity contribution in [2.75, 3.05) is 5.73 Å². The molecule has 6 aromatic rings. The summed E-state index contributed by atoms with van der Waals surface area (Å²) in [4.78, 5) is 8.75. The highest BCUT2D eigenvalue weighted by Gasteiger charge is 2.15. The molecule has 0 saturated heterocycles. The van der Waals surface area contributed by atoms with E-state index in [4.69, 9.17) is 10.5 Å². The molecule has 34 heavy (non-hydrogen) atoms. The van der Waals surface area contributed by atoms with Gasteiger partial charge in [-0.25, -0.2) is 0 Å². The number of nitrogens with two attached hydrogens (primary N) is 1. The average Bonchev–Trinajstić information content (AvgIpc) is 2.90. The zero-order valence-corrected chi connectivity index (χ0v) is 18.1. The molecule has 2 N–H and O–H groups in total. The van der Waals surface area contributed by atoms with Gasteiger partial charge in [0.25, 0.3) is 0 Å². The maximum absolute atomic E-state index is 6.20. The molecule has 0 radical (unpaired) electrons. The Morgan fingerprint density at radius 3 is 2.35 bits per heavy atom. The number of fused-ring (bicyclic) bond motifs is 2. The molecule has 0 bridgehead atoms. The predicted octanol–water partition coefficient (Wildman–Crippen LogP) is 6.28. The molecule has 6 rings (SSSR count). The second-order valence-corrected chi connectivity index (χ2v) is 7.83. The van der Waals surface area contributed by atoms with Gasteiger partial charge in [-0.15, -0.1) is 10.2 Å². The van der Waals surface area contributed by atoms with E-state index in [2.05, 4.69) is 26.2 Å². The third kappa shape index (κ3) is 3.47. The van der Waals surface area contributed by atoms with Crippen molar-refractivity contribution in [1.82, 2.24) is 20.2 Å². The van der Waals surface area contributed by atoms with Crippen molar-refractivity contribution in [3.05, 3.63) is 103 Å². The van der Waals surface area contributed by atoms with Crippen LogP contribution >= 0.6 is 0 Å². The van der Waals surface area contributed by atoms with Gasteiger partial charge >= 0.3 is 0 Å². The Hall–Kier alpha value is -4.84. The number of hydrogen-bond donors (Lipinski definition) is 1. The molecular weight excluding hydrogens is 422 g/mol. The van der Waals surface area contributed by atoms with Crippen LogP contribution in [0, 0.1) is 0 Å². The molecule has 0 unspecified atom stereocenters. The van der Waals surface area contributed by atoms with Crippen LogP contribution in [-0.4, -0.2) is 20.2 Å². The van der Waals surface area contributed by atoms with Gasteiger partial charge in [0.05, 0.1) is 5.52 Å². The predicted molar refractivity (Wildman–Crippen MR) is 134 cm³/mol. The normalized spacial score (nSPS) is 11.1. The zero-order valence-electron chi connectivity index (χ0n) is 18.1. The van der Waals surface area contributed by atoms with Gasteiger partial charge in [-0.2, -0.15) is 0 Å². The molecule has 0 atom stereocenters. The first-order chi connectivity index (χ1) is 16.8. The first-order valence-corrected chi connectivity index (χ1v) is 10.9. The van der Waals surface area contributed by atoms with Crippen LogP contribution in [0.2, 0.25) is 0 Å². The Kier molecular flexibility index (Phi) is 4.81. The lowest BCUT2D eigenvalue weighted by molar-refractivity contribution is 0.487. The minimum atomic E-state index is 0.411. The van der Waals surface area contributed by atoms with Crippen molar-refractivity contribution >= 4 is 27.6 Å². The van der Waals surface area contributed by atoms with Gasteiger partial charge in [0, 0.05) is 34.8 Å². The van der Waals surface area contributed by atoms with Gasteiger partial charge in [0.15, 0.2) is 11.6 Å². The first-order valence-electron chi connectivity index (χ1n) is 10.9. The van der Waals surface area contributed by atoms with E-state index in [0.717, 1.165) is 44.2 Å². The molecule has 6 nitrogen and oxygen atoms in total. The van der Waals surface area contributed by atoms with Gasteiger partial charge in [0.2, 0.25) is 0 Å². The number of ether oxygens (including phenoxy) is 1. The van der Waals surface area contributed by atoms with E-state index in [1.54, 1.807) is 12.4 Å². The van der Waals surface area contributed by atoms with Crippen LogP contribution < -0.4 is 10.5 Å². The highest BCUT2D eigenvalue weighted by Crippen LogP contribution is 2.37. The van der Waals surface area contributed by atoms with Crippen molar-refractivity contribution in [3.8, 4) is 33.9 Å². The SMILES string of the molecule is Nc1nnc(-c2ccccc2)c2c(-c3ccc(Oc4ccnc5cccnc45)cc3)cccc12. The lowest BCUT2D eigenvalue weighted by Gasteiger charge is -2.13. The van der Waals surface area contributed by atoms with E-state index in [0.29, 0.717) is 17.3 Å². The summed E-state index contributed by atoms with van der Waals surface area (Å²) < 4.78 is 6.14. The van der Waals surface area contributed by atoms with Gasteiger partial charge in [-0.1, -0.05) is 60.7 Å². The molecule has 0 aliphatic rings. The number of aromatic nitrogens is 4. The number of hydrogen-bond acceptors (Lipinski definition) is 6. The number of nitrogen functional groups attached to an aromatic ring is 1. The number of nitrogens with zero attached hydrogens (tertiary/aromatic N) is 4. The number of pyridine rings is 2. The molecule has 0 saturated carbocycles. The standard InChI is InChI=1S/C28H19N5O/c29-28-22-9-4-8-21(25(22)26(32-33-28)19-6-2-1-3-7-19)18-11-13-20(14-12-18)34-24-15-17-30-23-10-5-16-31-27(23)24/h1-17H,(H2,29,33). The summed E-state index contributed by atoms with van der Waals surface area (Å²) >= 11 is 0. The molecule has 162 valence electrons. The summed E-state index contributed by atoms with van der Waals surface area (Å²) in [7, 11) is 0. The summed E-state index contributed by atoms with van der Waals surface area (Å²) in [6.45, 7) is 0. The highest BCUT2D eigenvalue weighted by atomic mass is 16.5. The maximum atomic E-state index is 6.20. The number of benzene rings is 3. The molecule has 3 heterocycles. The van der Waals surface area contributed by atoms with Crippen LogP contribution in [0.4, 0.5) is 5.82 Å². The van der Waals surface area contributed by atoms with Crippen LogP contribution in [0.3, 0.4) is 0 Å². The van der Waals surface area contributed by atoms with E-state index in [1.807, 2.05) is 84.9 Å². The van der Waals surface area contributed by atoms with E-state index < -0.39 is 0 Å². The summed E-state index contributed by atoms with van der Waals surface area (Å²) in [5, 5.41) is 10.5. The largest absolute Gasteiger partial charge is 0.455 e. The molecule has 0 spiro atoms. The molecule has 0 fully saturated rings. The molecule has 6 heteroatoms. The third-order valence-electron chi connectivity index (χ3n) is 5.73. The molecule has 0 aliphatic heterocycles. The van der Waals surface area contributed by atoms with E-state index >= 15 is 0 Å². The fourth-order valence-electron chi connectivity index (χ4n) is 4.13. The maximum Gasteiger partial charge on any atom is 0.156 e. The third-order valence-corrected chi connectivity index (χ3v) is 5.73. The smallest absolute Gasteiger partial charge is 0.156 e. The van der Waals surface area contributed by atoms with Crippen molar-refractivity contribution in [2.45, 2.75) is 0 Å². The monoisotopic (exact) mass is 441 g/mol. The zero-order chi connectivity index (χ0) is 22.9. The van der Waals surface area contributed by atoms with E-state index in [-0.39, 0.29) is 0 Å². The topological polar surface area (TPSA) is 86.8 Å². The van der Waals surface area contributed by atoms with Gasteiger partial charge < -0.3 is 10.5 Å². The molecule has 0 amide bonds. The fourth-order valence-corrected chi connectivity index (χ4v) is 4.13. The van der Waals surface area contributed by atoms with E-state index in [9.17, 15) is 0 Å². The molecular formula is C28H19N5O. The lowest BCUT2D eigenvalue weighted by atomic mass is 9.95. The minimum absolute atomic E-state index is 0.411. The van der Waals surface area contributed by atoms with Crippen LogP contribution in [0.5, 0.6) is 11.5 Å².